The number of carbonyl (C=O) groups is 2. The predicted octanol–water partition coefficient (Wildman–Crippen LogP) is 1.90. The van der Waals surface area contributed by atoms with E-state index in [0.29, 0.717) is 0 Å². The van der Waals surface area contributed by atoms with Crippen LogP contribution in [-0.4, -0.2) is 45.6 Å². The number of ketones is 1. The molecule has 1 atom stereocenters. The average molecular weight is 396 g/mol. The van der Waals surface area contributed by atoms with Crippen LogP contribution in [0.15, 0.2) is 36.4 Å². The normalized spacial score (nSPS) is 18.7. The monoisotopic (exact) mass is 395 g/mol. The minimum Gasteiger partial charge on any atom is -0.516 e. The summed E-state index contributed by atoms with van der Waals surface area (Å²) in [4.78, 5) is 25.0. The van der Waals surface area contributed by atoms with Crippen LogP contribution in [0.3, 0.4) is 0 Å². The lowest BCUT2D eigenvalue weighted by atomic mass is 9.52. The number of hydrogen-bond acceptors (Lipinski definition) is 4. The lowest BCUT2D eigenvalue weighted by molar-refractivity contribution is -0.133. The molecule has 1 unspecified atom stereocenters. The van der Waals surface area contributed by atoms with Gasteiger partial charge in [0.25, 0.3) is 5.91 Å². The fourth-order valence-electron chi connectivity index (χ4n) is 2.82. The molecule has 2 aromatic carbocycles. The maximum Gasteiger partial charge on any atom is 0.261 e. The van der Waals surface area contributed by atoms with Crippen molar-refractivity contribution >= 4 is 64.1 Å². The first-order chi connectivity index (χ1) is 12.5. The Balaban J connectivity index is 1.87. The minimum atomic E-state index is -2.13. The Morgan fingerprint density at radius 2 is 1.70 bits per heavy atom. The van der Waals surface area contributed by atoms with Gasteiger partial charge in [-0.15, -0.1) is 0 Å². The third-order valence-corrected chi connectivity index (χ3v) is 4.65. The number of nitrogens with one attached hydrogen (secondary N) is 1. The quantitative estimate of drug-likeness (QED) is 0.599. The fraction of sp³-hybridized carbons (Fsp3) is 0.176. The van der Waals surface area contributed by atoms with E-state index in [2.05, 4.69) is 5.32 Å². The first kappa shape index (κ1) is 19.9. The number of ether oxygens (including phenoxy) is 1. The number of hydrogen-bond donors (Lipinski definition) is 2. The van der Waals surface area contributed by atoms with Gasteiger partial charge >= 0.3 is 0 Å². The third kappa shape index (κ3) is 3.88. The van der Waals surface area contributed by atoms with Gasteiger partial charge in [-0.3, -0.25) is 9.59 Å². The van der Waals surface area contributed by atoms with E-state index < -0.39 is 29.0 Å². The van der Waals surface area contributed by atoms with E-state index in [1.54, 1.807) is 0 Å². The van der Waals surface area contributed by atoms with Crippen molar-refractivity contribution in [3.05, 3.63) is 57.6 Å². The first-order valence-corrected chi connectivity index (χ1v) is 8.48. The second-order valence-corrected chi connectivity index (χ2v) is 6.99. The van der Waals surface area contributed by atoms with Gasteiger partial charge in [0.1, 0.15) is 29.3 Å². The van der Waals surface area contributed by atoms with Crippen molar-refractivity contribution < 1.29 is 19.4 Å². The summed E-state index contributed by atoms with van der Waals surface area (Å²) in [5, 5.41) is 11.8. The molecule has 0 aliphatic carbocycles. The standard InChI is InChI=1S/C17H10B3Cl2NO4/c18-17(19,20)27-9-3-1-8(2-4-9)12(24)7-16(26)13-10(21)5-6-11(22)14(13)23-15(16)25/h1-6,26H,7H2,(H,23,25). The summed E-state index contributed by atoms with van der Waals surface area (Å²) in [5.41, 5.74) is -1.63. The van der Waals surface area contributed by atoms with Crippen LogP contribution < -0.4 is 10.1 Å². The molecule has 130 valence electrons. The van der Waals surface area contributed by atoms with Gasteiger partial charge < -0.3 is 15.2 Å². The largest absolute Gasteiger partial charge is 0.516 e. The average Bonchev–Trinajstić information content (AvgIpc) is 2.83. The zero-order chi connectivity index (χ0) is 20.0. The lowest BCUT2D eigenvalue weighted by Crippen LogP contribution is -2.37. The summed E-state index contributed by atoms with van der Waals surface area (Å²) in [7, 11) is 16.0. The Bertz CT molecular complexity index is 931. The SMILES string of the molecule is [B]C([B])([B])Oc1ccc(C(=O)CC2(O)C(=O)Nc3c(Cl)ccc(Cl)c32)cc1. The van der Waals surface area contributed by atoms with Gasteiger partial charge in [0.05, 0.1) is 17.1 Å². The molecular weight excluding hydrogens is 386 g/mol. The zero-order valence-electron chi connectivity index (χ0n) is 13.8. The molecule has 10 heteroatoms. The molecule has 0 fully saturated rings. The van der Waals surface area contributed by atoms with Crippen molar-refractivity contribution in [2.24, 2.45) is 0 Å². The third-order valence-electron chi connectivity index (χ3n) is 4.02. The molecule has 0 bridgehead atoms. The Hall–Kier alpha value is -1.89. The maximum atomic E-state index is 12.6. The van der Waals surface area contributed by atoms with Crippen LogP contribution in [0.25, 0.3) is 0 Å². The highest BCUT2D eigenvalue weighted by Gasteiger charge is 2.49. The van der Waals surface area contributed by atoms with Crippen LogP contribution in [0.1, 0.15) is 22.3 Å². The highest BCUT2D eigenvalue weighted by Crippen LogP contribution is 2.46. The van der Waals surface area contributed by atoms with Crippen LogP contribution in [0.5, 0.6) is 5.75 Å². The van der Waals surface area contributed by atoms with Crippen LogP contribution in [0.4, 0.5) is 5.69 Å². The summed E-state index contributed by atoms with van der Waals surface area (Å²) in [6.45, 7) is 0. The highest BCUT2D eigenvalue weighted by molar-refractivity contribution is 6.58. The van der Waals surface area contributed by atoms with E-state index in [9.17, 15) is 14.7 Å². The number of benzene rings is 2. The van der Waals surface area contributed by atoms with Gasteiger partial charge in [-0.05, 0) is 41.7 Å². The second-order valence-electron chi connectivity index (χ2n) is 6.17. The molecule has 0 saturated heterocycles. The topological polar surface area (TPSA) is 75.6 Å². The zero-order valence-corrected chi connectivity index (χ0v) is 15.3. The van der Waals surface area contributed by atoms with E-state index in [-0.39, 0.29) is 32.6 Å². The molecule has 0 saturated carbocycles. The van der Waals surface area contributed by atoms with Gasteiger partial charge in [0.15, 0.2) is 11.4 Å². The Kier molecular flexibility index (Phi) is 5.10. The molecule has 6 radical (unpaired) electrons. The van der Waals surface area contributed by atoms with E-state index in [4.69, 9.17) is 51.5 Å². The lowest BCUT2D eigenvalue weighted by Gasteiger charge is -2.23. The Labute approximate surface area is 169 Å². The predicted molar refractivity (Wildman–Crippen MR) is 105 cm³/mol. The minimum absolute atomic E-state index is 0.0779. The van der Waals surface area contributed by atoms with Gasteiger partial charge in [0.2, 0.25) is 0 Å². The first-order valence-electron chi connectivity index (χ1n) is 7.72. The van der Waals surface area contributed by atoms with Crippen LogP contribution in [0, 0.1) is 0 Å². The Morgan fingerprint density at radius 3 is 2.30 bits per heavy atom. The highest BCUT2D eigenvalue weighted by atomic mass is 35.5. The van der Waals surface area contributed by atoms with E-state index in [0.717, 1.165) is 0 Å². The van der Waals surface area contributed by atoms with E-state index in [1.165, 1.54) is 36.4 Å². The van der Waals surface area contributed by atoms with Crippen molar-refractivity contribution in [1.29, 1.82) is 0 Å². The van der Waals surface area contributed by atoms with E-state index >= 15 is 0 Å². The second kappa shape index (κ2) is 6.93. The van der Waals surface area contributed by atoms with Crippen molar-refractivity contribution in [1.82, 2.24) is 0 Å². The number of aliphatic hydroxyl groups is 1. The van der Waals surface area contributed by atoms with Gasteiger partial charge in [-0.25, -0.2) is 0 Å². The van der Waals surface area contributed by atoms with Gasteiger partial charge in [-0.2, -0.15) is 0 Å². The van der Waals surface area contributed by atoms with Crippen molar-refractivity contribution in [3.8, 4) is 5.75 Å². The Morgan fingerprint density at radius 1 is 1.11 bits per heavy atom. The van der Waals surface area contributed by atoms with Crippen LogP contribution in [-0.2, 0) is 10.4 Å². The number of amides is 1. The molecule has 0 aromatic heterocycles. The number of rotatable bonds is 5. The molecular formula is C17H10B3Cl2NO4. The van der Waals surface area contributed by atoms with Gasteiger partial charge in [-0.1, -0.05) is 23.2 Å². The van der Waals surface area contributed by atoms with Crippen LogP contribution in [0.2, 0.25) is 10.0 Å². The van der Waals surface area contributed by atoms with Crippen molar-refractivity contribution in [2.75, 3.05) is 5.32 Å². The molecule has 2 aromatic rings. The summed E-state index contributed by atoms with van der Waals surface area (Å²) in [5.74, 6) is -1.03. The number of fused-ring (bicyclic) bond motifs is 1. The maximum absolute atomic E-state index is 12.6. The number of halogens is 2. The molecule has 1 aliphatic heterocycles. The molecule has 5 nitrogen and oxygen atoms in total. The van der Waals surface area contributed by atoms with Crippen LogP contribution >= 0.6 is 23.2 Å². The number of anilines is 1. The summed E-state index contributed by atoms with van der Waals surface area (Å²) >= 11 is 12.2. The molecule has 1 aliphatic rings. The summed E-state index contributed by atoms with van der Waals surface area (Å²) in [6, 6.07) is 8.67. The molecule has 2 N–H and O–H groups in total. The van der Waals surface area contributed by atoms with Gasteiger partial charge in [0, 0.05) is 16.1 Å². The molecule has 0 spiro atoms. The number of Topliss-reactive ketones (excluding diaryl/α,β-unsaturated/α-hetero) is 1. The molecule has 27 heavy (non-hydrogen) atoms. The molecule has 1 heterocycles. The smallest absolute Gasteiger partial charge is 0.261 e. The summed E-state index contributed by atoms with van der Waals surface area (Å²) in [6.07, 6.45) is -0.527. The molecule has 1 amide bonds. The number of carbonyl (C=O) groups excluding carboxylic acids is 2. The fourth-order valence-corrected chi connectivity index (χ4v) is 3.34. The summed E-state index contributed by atoms with van der Waals surface area (Å²) < 4.78 is 5.06. The van der Waals surface area contributed by atoms with Crippen molar-refractivity contribution in [2.45, 2.75) is 17.3 Å². The molecule has 3 rings (SSSR count). The van der Waals surface area contributed by atoms with E-state index in [1.807, 2.05) is 0 Å². The van der Waals surface area contributed by atoms with Crippen molar-refractivity contribution in [3.63, 3.8) is 0 Å².